The first kappa shape index (κ1) is 15.4. The Bertz CT molecular complexity index is 1250. The first-order chi connectivity index (χ1) is 12.5. The fraction of sp³-hybridized carbons (Fsp3) is 0.154. The predicted molar refractivity (Wildman–Crippen MR) is 115 cm³/mol. The van der Waals surface area contributed by atoms with Crippen molar-refractivity contribution in [2.45, 2.75) is 27.7 Å². The van der Waals surface area contributed by atoms with Crippen LogP contribution in [0.1, 0.15) is 22.3 Å². The first-order valence-electron chi connectivity index (χ1n) is 9.29. The van der Waals surface area contributed by atoms with Gasteiger partial charge in [-0.25, -0.2) is 0 Å². The van der Waals surface area contributed by atoms with E-state index in [1.807, 2.05) is 0 Å². The van der Waals surface area contributed by atoms with Gasteiger partial charge in [-0.05, 0) is 129 Å². The Morgan fingerprint density at radius 3 is 1.15 bits per heavy atom. The van der Waals surface area contributed by atoms with Crippen molar-refractivity contribution in [3.63, 3.8) is 0 Å². The Balaban J connectivity index is 1.93. The maximum absolute atomic E-state index is 2.38. The Labute approximate surface area is 154 Å². The molecule has 126 valence electrons. The van der Waals surface area contributed by atoms with E-state index in [0.717, 1.165) is 0 Å². The highest BCUT2D eigenvalue weighted by atomic mass is 14.1. The van der Waals surface area contributed by atoms with Gasteiger partial charge in [0.25, 0.3) is 0 Å². The van der Waals surface area contributed by atoms with Crippen LogP contribution in [0.5, 0.6) is 0 Å². The second kappa shape index (κ2) is 5.32. The van der Waals surface area contributed by atoms with Crippen LogP contribution in [0.3, 0.4) is 0 Å². The molecular weight excluding hydrogens is 312 g/mol. The number of hydrogen-bond donors (Lipinski definition) is 0. The quantitative estimate of drug-likeness (QED) is 0.257. The minimum Gasteiger partial charge on any atom is -0.0616 e. The maximum atomic E-state index is 2.38. The summed E-state index contributed by atoms with van der Waals surface area (Å²) in [5.74, 6) is 0. The lowest BCUT2D eigenvalue weighted by molar-refractivity contribution is 1.25. The number of rotatable bonds is 0. The highest BCUT2D eigenvalue weighted by Crippen LogP contribution is 2.34. The summed E-state index contributed by atoms with van der Waals surface area (Å²) in [6.07, 6.45) is 0. The van der Waals surface area contributed by atoms with Crippen molar-refractivity contribution >= 4 is 43.1 Å². The zero-order valence-corrected chi connectivity index (χ0v) is 15.8. The molecular formula is C26H22. The van der Waals surface area contributed by atoms with Gasteiger partial charge in [-0.1, -0.05) is 24.3 Å². The van der Waals surface area contributed by atoms with Gasteiger partial charge in [0.15, 0.2) is 0 Å². The lowest BCUT2D eigenvalue weighted by Crippen LogP contribution is -1.94. The van der Waals surface area contributed by atoms with E-state index in [2.05, 4.69) is 88.4 Å². The first-order valence-corrected chi connectivity index (χ1v) is 9.29. The molecule has 0 aliphatic carbocycles. The van der Waals surface area contributed by atoms with Crippen molar-refractivity contribution in [1.82, 2.24) is 0 Å². The summed E-state index contributed by atoms with van der Waals surface area (Å²) in [7, 11) is 0. The minimum absolute atomic E-state index is 1.30. The lowest BCUT2D eigenvalue weighted by Gasteiger charge is -2.15. The summed E-state index contributed by atoms with van der Waals surface area (Å²) in [6.45, 7) is 9.00. The summed E-state index contributed by atoms with van der Waals surface area (Å²) in [6, 6.07) is 22.7. The van der Waals surface area contributed by atoms with Crippen LogP contribution < -0.4 is 0 Å². The smallest absolute Gasteiger partial charge is 0.0143 e. The molecule has 26 heavy (non-hydrogen) atoms. The van der Waals surface area contributed by atoms with E-state index in [4.69, 9.17) is 0 Å². The lowest BCUT2D eigenvalue weighted by atomic mass is 9.89. The average molecular weight is 334 g/mol. The van der Waals surface area contributed by atoms with Gasteiger partial charge in [-0.3, -0.25) is 0 Å². The molecule has 0 atom stereocenters. The highest BCUT2D eigenvalue weighted by molar-refractivity contribution is 6.09. The molecule has 0 nitrogen and oxygen atoms in total. The number of hydrogen-bond acceptors (Lipinski definition) is 0. The topological polar surface area (TPSA) is 0 Å². The summed E-state index contributed by atoms with van der Waals surface area (Å²) >= 11 is 0. The van der Waals surface area contributed by atoms with Crippen LogP contribution in [-0.4, -0.2) is 0 Å². The normalized spacial score (nSPS) is 11.8. The van der Waals surface area contributed by atoms with E-state index in [9.17, 15) is 0 Å². The second-order valence-corrected chi connectivity index (χ2v) is 7.64. The number of benzene rings is 5. The molecule has 0 N–H and O–H groups in total. The molecule has 0 aliphatic heterocycles. The Kier molecular flexibility index (Phi) is 3.15. The standard InChI is InChI=1S/C26H22/c1-15-16(2)18(4)26-14-24-12-22-10-20-8-6-5-7-19(20)9-21(22)11-23(24)13-25(26)17(15)3/h5-14H,1-4H3. The van der Waals surface area contributed by atoms with Gasteiger partial charge in [-0.15, -0.1) is 0 Å². The molecule has 0 unspecified atom stereocenters. The molecule has 0 fully saturated rings. The van der Waals surface area contributed by atoms with Gasteiger partial charge < -0.3 is 0 Å². The van der Waals surface area contributed by atoms with Gasteiger partial charge in [-0.2, -0.15) is 0 Å². The number of aryl methyl sites for hydroxylation is 2. The summed E-state index contributed by atoms with van der Waals surface area (Å²) in [5, 5.41) is 10.7. The highest BCUT2D eigenvalue weighted by Gasteiger charge is 2.10. The van der Waals surface area contributed by atoms with Crippen molar-refractivity contribution in [2.24, 2.45) is 0 Å². The molecule has 5 aromatic rings. The average Bonchev–Trinajstić information content (AvgIpc) is 2.66. The fourth-order valence-corrected chi connectivity index (χ4v) is 4.33. The van der Waals surface area contributed by atoms with E-state index in [-0.39, 0.29) is 0 Å². The molecule has 0 heterocycles. The van der Waals surface area contributed by atoms with Crippen LogP contribution in [0.25, 0.3) is 43.1 Å². The molecule has 0 spiro atoms. The second-order valence-electron chi connectivity index (χ2n) is 7.64. The van der Waals surface area contributed by atoms with Crippen LogP contribution in [-0.2, 0) is 0 Å². The predicted octanol–water partition coefficient (Wildman–Crippen LogP) is 7.53. The molecule has 0 aliphatic rings. The van der Waals surface area contributed by atoms with Crippen molar-refractivity contribution in [3.8, 4) is 0 Å². The molecule has 0 saturated heterocycles. The fourth-order valence-electron chi connectivity index (χ4n) is 4.33. The Morgan fingerprint density at radius 2 is 0.731 bits per heavy atom. The van der Waals surface area contributed by atoms with Gasteiger partial charge in [0, 0.05) is 0 Å². The van der Waals surface area contributed by atoms with Crippen LogP contribution >= 0.6 is 0 Å². The molecule has 5 rings (SSSR count). The molecule has 0 radical (unpaired) electrons. The van der Waals surface area contributed by atoms with E-state index in [1.54, 1.807) is 0 Å². The van der Waals surface area contributed by atoms with Crippen molar-refractivity contribution in [2.75, 3.05) is 0 Å². The third kappa shape index (κ3) is 2.08. The van der Waals surface area contributed by atoms with Crippen LogP contribution in [0.15, 0.2) is 60.7 Å². The van der Waals surface area contributed by atoms with Crippen LogP contribution in [0.4, 0.5) is 0 Å². The SMILES string of the molecule is Cc1c(C)c(C)c2cc3cc4cc5ccccc5cc4cc3cc2c1C. The third-order valence-electron chi connectivity index (χ3n) is 6.29. The summed E-state index contributed by atoms with van der Waals surface area (Å²) in [5.41, 5.74) is 5.65. The zero-order chi connectivity index (χ0) is 18.0. The molecule has 5 aromatic carbocycles. The Morgan fingerprint density at radius 1 is 0.385 bits per heavy atom. The van der Waals surface area contributed by atoms with E-state index < -0.39 is 0 Å². The van der Waals surface area contributed by atoms with Gasteiger partial charge in [0.2, 0.25) is 0 Å². The van der Waals surface area contributed by atoms with Crippen LogP contribution in [0, 0.1) is 27.7 Å². The van der Waals surface area contributed by atoms with Gasteiger partial charge in [0.1, 0.15) is 0 Å². The largest absolute Gasteiger partial charge is 0.0616 e. The number of fused-ring (bicyclic) bond motifs is 4. The zero-order valence-electron chi connectivity index (χ0n) is 15.8. The molecule has 0 bridgehead atoms. The van der Waals surface area contributed by atoms with Crippen molar-refractivity contribution in [1.29, 1.82) is 0 Å². The van der Waals surface area contributed by atoms with Crippen molar-refractivity contribution < 1.29 is 0 Å². The summed E-state index contributed by atoms with van der Waals surface area (Å²) < 4.78 is 0. The van der Waals surface area contributed by atoms with E-state index >= 15 is 0 Å². The molecule has 0 aromatic heterocycles. The molecule has 0 amide bonds. The maximum Gasteiger partial charge on any atom is -0.0143 e. The van der Waals surface area contributed by atoms with Crippen molar-refractivity contribution in [3.05, 3.63) is 82.9 Å². The van der Waals surface area contributed by atoms with Gasteiger partial charge >= 0.3 is 0 Å². The minimum atomic E-state index is 1.30. The van der Waals surface area contributed by atoms with Gasteiger partial charge in [0.05, 0.1) is 0 Å². The Hall–Kier alpha value is -2.86. The van der Waals surface area contributed by atoms with E-state index in [1.165, 1.54) is 65.3 Å². The third-order valence-corrected chi connectivity index (χ3v) is 6.29. The summed E-state index contributed by atoms with van der Waals surface area (Å²) in [4.78, 5) is 0. The molecule has 0 heteroatoms. The van der Waals surface area contributed by atoms with E-state index in [0.29, 0.717) is 0 Å². The van der Waals surface area contributed by atoms with Crippen LogP contribution in [0.2, 0.25) is 0 Å². The monoisotopic (exact) mass is 334 g/mol. The molecule has 0 saturated carbocycles.